The van der Waals surface area contributed by atoms with Crippen molar-refractivity contribution in [2.24, 2.45) is 11.7 Å². The Bertz CT molecular complexity index is 196. The van der Waals surface area contributed by atoms with Gasteiger partial charge in [0.25, 0.3) is 5.91 Å². The first-order valence-electron chi connectivity index (χ1n) is 6.64. The Balaban J connectivity index is 0. The molecule has 0 heterocycles. The molecule has 0 spiro atoms. The predicted octanol–water partition coefficient (Wildman–Crippen LogP) is 1.66. The van der Waals surface area contributed by atoms with E-state index >= 15 is 0 Å². The van der Waals surface area contributed by atoms with Gasteiger partial charge in [-0.3, -0.25) is 4.79 Å². The number of carbonyl (C=O) groups excluding carboxylic acids is 1. The zero-order valence-electron chi connectivity index (χ0n) is 12.2. The number of nitrogens with one attached hydrogen (secondary N) is 1. The molecule has 0 aliphatic carbocycles. The van der Waals surface area contributed by atoms with Crippen LogP contribution in [0.5, 0.6) is 0 Å². The highest BCUT2D eigenvalue weighted by atomic mass is 16.3. The van der Waals surface area contributed by atoms with Crippen LogP contribution >= 0.6 is 0 Å². The lowest BCUT2D eigenvalue weighted by Crippen LogP contribution is -2.49. The zero-order chi connectivity index (χ0) is 14.0. The van der Waals surface area contributed by atoms with Crippen LogP contribution in [0.3, 0.4) is 0 Å². The summed E-state index contributed by atoms with van der Waals surface area (Å²) in [5.41, 5.74) is 5.67. The second-order valence-corrected chi connectivity index (χ2v) is 4.44. The van der Waals surface area contributed by atoms with Crippen molar-refractivity contribution >= 4 is 5.91 Å². The number of rotatable bonds is 6. The van der Waals surface area contributed by atoms with Crippen molar-refractivity contribution in [3.05, 3.63) is 0 Å². The van der Waals surface area contributed by atoms with Crippen molar-refractivity contribution in [1.29, 1.82) is 0 Å². The van der Waals surface area contributed by atoms with Crippen LogP contribution in [0.25, 0.3) is 0 Å². The molecule has 0 aromatic rings. The Hall–Kier alpha value is -0.610. The molecule has 3 unspecified atom stereocenters. The van der Waals surface area contributed by atoms with E-state index < -0.39 is 12.1 Å². The average molecular weight is 246 g/mol. The third kappa shape index (κ3) is 8.16. The third-order valence-corrected chi connectivity index (χ3v) is 2.67. The van der Waals surface area contributed by atoms with Gasteiger partial charge in [0.15, 0.2) is 0 Å². The van der Waals surface area contributed by atoms with E-state index in [0.717, 1.165) is 6.42 Å². The molecule has 0 aromatic heterocycles. The first kappa shape index (κ1) is 18.7. The monoisotopic (exact) mass is 246 g/mol. The lowest BCUT2D eigenvalue weighted by Gasteiger charge is -2.22. The quantitative estimate of drug-likeness (QED) is 0.667. The van der Waals surface area contributed by atoms with Crippen molar-refractivity contribution < 1.29 is 9.90 Å². The molecule has 4 nitrogen and oxygen atoms in total. The molecule has 0 fully saturated rings. The summed E-state index contributed by atoms with van der Waals surface area (Å²) in [5.74, 6) is -0.0132. The number of hydrogen-bond donors (Lipinski definition) is 3. The molecule has 3 atom stereocenters. The number of carbonyl (C=O) groups is 1. The molecular formula is C13H30N2O2. The Kier molecular flexibility index (Phi) is 11.6. The number of aliphatic hydroxyl groups is 1. The van der Waals surface area contributed by atoms with Gasteiger partial charge in [0.1, 0.15) is 6.10 Å². The molecular weight excluding hydrogens is 216 g/mol. The molecule has 4 N–H and O–H groups in total. The predicted molar refractivity (Wildman–Crippen MR) is 72.7 cm³/mol. The van der Waals surface area contributed by atoms with E-state index in [0.29, 0.717) is 12.3 Å². The standard InChI is InChI=1S/C11H24N2O2.C2H6/c1-5-6-9(12)10(14)11(15)13-8(4)7(2)3;1-2/h7-10,14H,5-6,12H2,1-4H3,(H,13,15);1-2H3. The van der Waals surface area contributed by atoms with Crippen molar-refractivity contribution in [1.82, 2.24) is 5.32 Å². The summed E-state index contributed by atoms with van der Waals surface area (Å²) in [5, 5.41) is 12.4. The fourth-order valence-electron chi connectivity index (χ4n) is 1.16. The normalized spacial score (nSPS) is 15.6. The van der Waals surface area contributed by atoms with Crippen molar-refractivity contribution in [3.63, 3.8) is 0 Å². The molecule has 104 valence electrons. The molecule has 0 saturated heterocycles. The van der Waals surface area contributed by atoms with E-state index in [1.54, 1.807) is 0 Å². The minimum atomic E-state index is -1.09. The lowest BCUT2D eigenvalue weighted by atomic mass is 10.0. The van der Waals surface area contributed by atoms with Crippen molar-refractivity contribution in [2.45, 2.75) is 72.6 Å². The van der Waals surface area contributed by atoms with Gasteiger partial charge in [-0.1, -0.05) is 41.0 Å². The number of aliphatic hydroxyl groups excluding tert-OH is 1. The highest BCUT2D eigenvalue weighted by molar-refractivity contribution is 5.81. The number of amides is 1. The second kappa shape index (κ2) is 10.5. The zero-order valence-corrected chi connectivity index (χ0v) is 12.2. The van der Waals surface area contributed by atoms with E-state index in [1.165, 1.54) is 0 Å². The molecule has 17 heavy (non-hydrogen) atoms. The van der Waals surface area contributed by atoms with E-state index in [4.69, 9.17) is 5.73 Å². The van der Waals surface area contributed by atoms with Gasteiger partial charge < -0.3 is 16.2 Å². The summed E-state index contributed by atoms with van der Waals surface area (Å²) in [6.07, 6.45) is 0.432. The Morgan fingerprint density at radius 1 is 1.29 bits per heavy atom. The molecule has 4 heteroatoms. The van der Waals surface area contributed by atoms with Crippen LogP contribution in [-0.2, 0) is 4.79 Å². The van der Waals surface area contributed by atoms with Crippen LogP contribution < -0.4 is 11.1 Å². The Labute approximate surface area is 106 Å². The van der Waals surface area contributed by atoms with Crippen LogP contribution in [0.2, 0.25) is 0 Å². The summed E-state index contributed by atoms with van der Waals surface area (Å²) in [6.45, 7) is 11.9. The maximum absolute atomic E-state index is 11.5. The van der Waals surface area contributed by atoms with Crippen LogP contribution in [0.15, 0.2) is 0 Å². The molecule has 0 aromatic carbocycles. The molecule has 0 radical (unpaired) electrons. The Morgan fingerprint density at radius 2 is 1.76 bits per heavy atom. The van der Waals surface area contributed by atoms with Crippen LogP contribution in [0, 0.1) is 5.92 Å². The molecule has 0 aliphatic heterocycles. The summed E-state index contributed by atoms with van der Waals surface area (Å²) in [6, 6.07) is -0.407. The van der Waals surface area contributed by atoms with Gasteiger partial charge in [0.2, 0.25) is 0 Å². The van der Waals surface area contributed by atoms with Gasteiger partial charge in [0, 0.05) is 12.1 Å². The fourth-order valence-corrected chi connectivity index (χ4v) is 1.16. The molecule has 1 amide bonds. The first-order chi connectivity index (χ1) is 7.90. The maximum atomic E-state index is 11.5. The van der Waals surface area contributed by atoms with Crippen molar-refractivity contribution in [3.8, 4) is 0 Å². The van der Waals surface area contributed by atoms with Gasteiger partial charge in [-0.25, -0.2) is 0 Å². The largest absolute Gasteiger partial charge is 0.382 e. The number of nitrogens with two attached hydrogens (primary N) is 1. The van der Waals surface area contributed by atoms with Gasteiger partial charge in [-0.2, -0.15) is 0 Å². The smallest absolute Gasteiger partial charge is 0.250 e. The minimum Gasteiger partial charge on any atom is -0.382 e. The number of hydrogen-bond acceptors (Lipinski definition) is 3. The van der Waals surface area contributed by atoms with Crippen LogP contribution in [0.1, 0.15) is 54.4 Å². The highest BCUT2D eigenvalue weighted by Crippen LogP contribution is 2.03. The SMILES string of the molecule is CC.CCCC(N)C(O)C(=O)NC(C)C(C)C. The van der Waals surface area contributed by atoms with Gasteiger partial charge in [-0.15, -0.1) is 0 Å². The average Bonchev–Trinajstić information content (AvgIpc) is 2.30. The molecule has 0 aliphatic rings. The first-order valence-corrected chi connectivity index (χ1v) is 6.64. The van der Waals surface area contributed by atoms with E-state index in [2.05, 4.69) is 5.32 Å². The highest BCUT2D eigenvalue weighted by Gasteiger charge is 2.23. The minimum absolute atomic E-state index is 0.0565. The lowest BCUT2D eigenvalue weighted by molar-refractivity contribution is -0.131. The molecule has 0 rings (SSSR count). The van der Waals surface area contributed by atoms with Crippen LogP contribution in [0.4, 0.5) is 0 Å². The Morgan fingerprint density at radius 3 is 2.12 bits per heavy atom. The van der Waals surface area contributed by atoms with Crippen molar-refractivity contribution in [2.75, 3.05) is 0 Å². The molecule has 0 saturated carbocycles. The second-order valence-electron chi connectivity index (χ2n) is 4.44. The maximum Gasteiger partial charge on any atom is 0.250 e. The molecule has 0 bridgehead atoms. The van der Waals surface area contributed by atoms with Gasteiger partial charge in [0.05, 0.1) is 0 Å². The van der Waals surface area contributed by atoms with Crippen LogP contribution in [-0.4, -0.2) is 29.2 Å². The van der Waals surface area contributed by atoms with Gasteiger partial charge >= 0.3 is 0 Å². The third-order valence-electron chi connectivity index (χ3n) is 2.67. The summed E-state index contributed by atoms with van der Waals surface area (Å²) < 4.78 is 0. The van der Waals surface area contributed by atoms with E-state index in [-0.39, 0.29) is 11.9 Å². The summed E-state index contributed by atoms with van der Waals surface area (Å²) in [4.78, 5) is 11.5. The van der Waals surface area contributed by atoms with Gasteiger partial charge in [-0.05, 0) is 19.3 Å². The van der Waals surface area contributed by atoms with E-state index in [1.807, 2.05) is 41.5 Å². The summed E-state index contributed by atoms with van der Waals surface area (Å²) in [7, 11) is 0. The summed E-state index contributed by atoms with van der Waals surface area (Å²) >= 11 is 0. The topological polar surface area (TPSA) is 75.3 Å². The van der Waals surface area contributed by atoms with E-state index in [9.17, 15) is 9.90 Å². The fraction of sp³-hybridized carbons (Fsp3) is 0.923.